The second kappa shape index (κ2) is 5.71. The molecule has 0 heterocycles. The van der Waals surface area contributed by atoms with Crippen molar-refractivity contribution < 1.29 is 0 Å². The molecule has 0 spiro atoms. The van der Waals surface area contributed by atoms with E-state index in [9.17, 15) is 0 Å². The number of rotatable bonds is 3. The van der Waals surface area contributed by atoms with E-state index in [1.807, 2.05) is 0 Å². The summed E-state index contributed by atoms with van der Waals surface area (Å²) >= 11 is 0.921. The van der Waals surface area contributed by atoms with Gasteiger partial charge in [0.2, 0.25) is 0 Å². The molecule has 0 aliphatic rings. The van der Waals surface area contributed by atoms with E-state index in [1.54, 1.807) is 0 Å². The summed E-state index contributed by atoms with van der Waals surface area (Å²) < 4.78 is 2.71. The third-order valence-corrected chi connectivity index (χ3v) is 11.2. The minimum atomic E-state index is 0.450. The van der Waals surface area contributed by atoms with Crippen LogP contribution >= 0.6 is 0 Å². The monoisotopic (exact) mass is 332 g/mol. The molecule has 0 saturated carbocycles. The Balaban J connectivity index is 2.83. The van der Waals surface area contributed by atoms with Gasteiger partial charge < -0.3 is 0 Å². The molecule has 7 heavy (non-hydrogen) atoms. The number of hydrogen-bond donors (Lipinski definition) is 0. The van der Waals surface area contributed by atoms with Crippen molar-refractivity contribution in [3.8, 4) is 0 Å². The van der Waals surface area contributed by atoms with Crippen molar-refractivity contribution in [1.29, 1.82) is 0 Å². The molecule has 0 rings (SSSR count). The zero-order chi connectivity index (χ0) is 5.70. The molecule has 0 saturated heterocycles. The van der Waals surface area contributed by atoms with E-state index in [0.29, 0.717) is 41.8 Å². The predicted molar refractivity (Wildman–Crippen MR) is 37.3 cm³/mol. The molecule has 0 aromatic rings. The van der Waals surface area contributed by atoms with Crippen LogP contribution in [0.25, 0.3) is 0 Å². The van der Waals surface area contributed by atoms with Crippen LogP contribution in [0.2, 0.25) is 11.5 Å². The van der Waals surface area contributed by atoms with Crippen molar-refractivity contribution in [2.45, 2.75) is 25.3 Å². The van der Waals surface area contributed by atoms with E-state index in [1.165, 1.54) is 6.48 Å². The quantitative estimate of drug-likeness (QED) is 0.692. The first-order chi connectivity index (χ1) is 3.31. The summed E-state index contributed by atoms with van der Waals surface area (Å²) in [5.74, 6) is 0. The van der Waals surface area contributed by atoms with Gasteiger partial charge in [-0.2, -0.15) is 0 Å². The third-order valence-electron chi connectivity index (χ3n) is 0.733. The molecule has 0 aromatic heterocycles. The van der Waals surface area contributed by atoms with Gasteiger partial charge in [0.05, 0.1) is 0 Å². The first-order valence-corrected chi connectivity index (χ1v) is 9.12. The molecule has 44 valence electrons. The van der Waals surface area contributed by atoms with Crippen molar-refractivity contribution in [3.05, 3.63) is 0 Å². The Kier molecular flexibility index (Phi) is 7.00. The van der Waals surface area contributed by atoms with Crippen LogP contribution in [0.15, 0.2) is 0 Å². The molecule has 1 unspecified atom stereocenters. The third kappa shape index (κ3) is 5.45. The van der Waals surface area contributed by atoms with E-state index < -0.39 is 0 Å². The fourth-order valence-electron chi connectivity index (χ4n) is 0.303. The molecule has 0 aromatic carbocycles. The first-order valence-electron chi connectivity index (χ1n) is 2.45. The van der Waals surface area contributed by atoms with E-state index in [4.69, 9.17) is 0 Å². The Morgan fingerprint density at radius 1 is 1.57 bits per heavy atom. The van der Waals surface area contributed by atoms with Crippen molar-refractivity contribution in [3.63, 3.8) is 0 Å². The van der Waals surface area contributed by atoms with Crippen molar-refractivity contribution in [2.24, 2.45) is 0 Å². The van der Waals surface area contributed by atoms with E-state index >= 15 is 0 Å². The topological polar surface area (TPSA) is 0 Å². The maximum absolute atomic E-state index is 2.42. The van der Waals surface area contributed by atoms with Gasteiger partial charge in [0, 0.05) is 0 Å². The standard InChI is InChI=1S/C5H12Te2/c1-4-7-5(2)6-3/h5H,4H2,1-3H3. The molecule has 0 aliphatic heterocycles. The summed E-state index contributed by atoms with van der Waals surface area (Å²) in [5, 5.41) is 0. The summed E-state index contributed by atoms with van der Waals surface area (Å²) in [5.41, 5.74) is 0. The Labute approximate surface area is 66.6 Å². The van der Waals surface area contributed by atoms with Crippen LogP contribution < -0.4 is 0 Å². The summed E-state index contributed by atoms with van der Waals surface area (Å²) in [4.78, 5) is 2.41. The van der Waals surface area contributed by atoms with E-state index in [-0.39, 0.29) is 0 Å². The molecule has 0 amide bonds. The zero-order valence-corrected chi connectivity index (χ0v) is 9.76. The van der Waals surface area contributed by atoms with Crippen LogP contribution in [-0.4, -0.2) is 41.8 Å². The van der Waals surface area contributed by atoms with Crippen LogP contribution in [0.1, 0.15) is 13.8 Å². The summed E-state index contributed by atoms with van der Waals surface area (Å²) in [6.45, 7) is 4.75. The average molecular weight is 327 g/mol. The molecule has 0 fully saturated rings. The van der Waals surface area contributed by atoms with Crippen LogP contribution in [-0.2, 0) is 0 Å². The summed E-state index contributed by atoms with van der Waals surface area (Å²) in [6, 6.07) is 0. The van der Waals surface area contributed by atoms with Crippen LogP contribution in [0.5, 0.6) is 0 Å². The molecular formula is C5H12Te2. The van der Waals surface area contributed by atoms with Gasteiger partial charge in [-0.1, -0.05) is 0 Å². The van der Waals surface area contributed by atoms with Gasteiger partial charge in [0.15, 0.2) is 0 Å². The Morgan fingerprint density at radius 2 is 2.14 bits per heavy atom. The van der Waals surface area contributed by atoms with Gasteiger partial charge in [-0.15, -0.1) is 0 Å². The van der Waals surface area contributed by atoms with Gasteiger partial charge in [-0.25, -0.2) is 0 Å². The molecular weight excluding hydrogens is 315 g/mol. The second-order valence-corrected chi connectivity index (χ2v) is 12.1. The fourth-order valence-corrected chi connectivity index (χ4v) is 7.24. The molecule has 0 N–H and O–H groups in total. The van der Waals surface area contributed by atoms with Crippen LogP contribution in [0, 0.1) is 0 Å². The molecule has 0 aliphatic carbocycles. The Bertz CT molecular complexity index is 37.1. The van der Waals surface area contributed by atoms with Gasteiger partial charge in [0.1, 0.15) is 0 Å². The second-order valence-electron chi connectivity index (χ2n) is 1.26. The number of hydrogen-bond acceptors (Lipinski definition) is 0. The fraction of sp³-hybridized carbons (Fsp3) is 1.00. The molecule has 1 atom stereocenters. The van der Waals surface area contributed by atoms with E-state index in [0.717, 1.165) is 0 Å². The molecule has 2 heteroatoms. The minimum absolute atomic E-state index is 0.450. The Morgan fingerprint density at radius 3 is 2.29 bits per heavy atom. The predicted octanol–water partition coefficient (Wildman–Crippen LogP) is 1.65. The van der Waals surface area contributed by atoms with Crippen molar-refractivity contribution in [1.82, 2.24) is 0 Å². The average Bonchev–Trinajstić information content (AvgIpc) is 1.68. The molecule has 0 radical (unpaired) electrons. The maximum atomic E-state index is 2.42. The van der Waals surface area contributed by atoms with Gasteiger partial charge in [-0.3, -0.25) is 0 Å². The van der Waals surface area contributed by atoms with Crippen molar-refractivity contribution >= 4 is 41.8 Å². The summed E-state index contributed by atoms with van der Waals surface area (Å²) in [6.07, 6.45) is 0. The van der Waals surface area contributed by atoms with Gasteiger partial charge in [-0.05, 0) is 0 Å². The van der Waals surface area contributed by atoms with Crippen LogP contribution in [0.3, 0.4) is 0 Å². The normalized spacial score (nSPS) is 14.1. The van der Waals surface area contributed by atoms with Crippen LogP contribution in [0.4, 0.5) is 0 Å². The van der Waals surface area contributed by atoms with Gasteiger partial charge in [0.25, 0.3) is 0 Å². The Hall–Kier alpha value is 1.58. The SMILES string of the molecule is CC[Te]C(C)[Te]C. The first kappa shape index (κ1) is 8.58. The molecule has 0 nitrogen and oxygen atoms in total. The van der Waals surface area contributed by atoms with Gasteiger partial charge >= 0.3 is 67.1 Å². The van der Waals surface area contributed by atoms with Crippen molar-refractivity contribution in [2.75, 3.05) is 0 Å². The summed E-state index contributed by atoms with van der Waals surface area (Å²) in [7, 11) is 0. The van der Waals surface area contributed by atoms with E-state index in [2.05, 4.69) is 18.8 Å². The zero-order valence-electron chi connectivity index (χ0n) is 5.10. The molecule has 0 bridgehead atoms.